The van der Waals surface area contributed by atoms with Crippen LogP contribution in [-0.2, 0) is 22.6 Å². The van der Waals surface area contributed by atoms with Gasteiger partial charge in [0.25, 0.3) is 5.91 Å². The number of nitrogens with one attached hydrogen (secondary N) is 1. The molecule has 9 nitrogen and oxygen atoms in total. The molecule has 9 rings (SSSR count). The molecule has 3 aromatic carbocycles. The molecule has 0 radical (unpaired) electrons. The van der Waals surface area contributed by atoms with Crippen LogP contribution >= 0.6 is 0 Å². The van der Waals surface area contributed by atoms with Gasteiger partial charge in [-0.2, -0.15) is 0 Å². The lowest BCUT2D eigenvalue weighted by atomic mass is 9.66. The van der Waals surface area contributed by atoms with E-state index in [1.165, 1.54) is 36.8 Å². The third kappa shape index (κ3) is 6.75. The number of halogens is 1. The lowest BCUT2D eigenvalue weighted by molar-refractivity contribution is -0.136. The molecule has 2 aliphatic carbocycles. The summed E-state index contributed by atoms with van der Waals surface area (Å²) in [7, 11) is 0. The van der Waals surface area contributed by atoms with Crippen molar-refractivity contribution in [3.05, 3.63) is 88.2 Å². The number of nitrogens with zero attached hydrogens (tertiary/aromatic N) is 4. The molecule has 4 fully saturated rings. The van der Waals surface area contributed by atoms with Gasteiger partial charge < -0.3 is 19.8 Å². The highest BCUT2D eigenvalue weighted by Gasteiger charge is 2.40. The zero-order chi connectivity index (χ0) is 36.9. The summed E-state index contributed by atoms with van der Waals surface area (Å²) in [6.07, 6.45) is 9.94. The smallest absolute Gasteiger partial charge is 0.255 e. The Morgan fingerprint density at radius 3 is 2.31 bits per heavy atom. The summed E-state index contributed by atoms with van der Waals surface area (Å²) in [5.74, 6) is 1.37. The molecule has 3 atom stereocenters. The third-order valence-electron chi connectivity index (χ3n) is 13.7. The first-order valence-corrected chi connectivity index (χ1v) is 20.4. The number of fused-ring (bicyclic) bond motifs is 2. The molecule has 54 heavy (non-hydrogen) atoms. The number of benzene rings is 3. The quantitative estimate of drug-likeness (QED) is 0.279. The number of amides is 3. The van der Waals surface area contributed by atoms with Crippen LogP contribution in [-0.4, -0.2) is 84.5 Å². The number of hydrogen-bond donors (Lipinski definition) is 2. The summed E-state index contributed by atoms with van der Waals surface area (Å²) in [6, 6.07) is 17.3. The van der Waals surface area contributed by atoms with Crippen molar-refractivity contribution < 1.29 is 23.9 Å². The molecule has 6 aliphatic rings. The second-order valence-corrected chi connectivity index (χ2v) is 16.8. The molecule has 3 aromatic rings. The Kier molecular flexibility index (Phi) is 9.58. The van der Waals surface area contributed by atoms with Crippen LogP contribution < -0.4 is 15.1 Å². The fourth-order valence-corrected chi connectivity index (χ4v) is 10.8. The summed E-state index contributed by atoms with van der Waals surface area (Å²) >= 11 is 0. The van der Waals surface area contributed by atoms with E-state index < -0.39 is 6.04 Å². The first-order valence-electron chi connectivity index (χ1n) is 20.4. The largest absolute Gasteiger partial charge is 0.508 e. The normalized spacial score (nSPS) is 25.6. The highest BCUT2D eigenvalue weighted by Crippen LogP contribution is 2.49. The van der Waals surface area contributed by atoms with Crippen LogP contribution in [0.15, 0.2) is 54.6 Å². The Labute approximate surface area is 317 Å². The Balaban J connectivity index is 0.785. The molecule has 10 heteroatoms. The number of aryl methyl sites for hydroxylation is 1. The van der Waals surface area contributed by atoms with Gasteiger partial charge in [-0.25, -0.2) is 4.39 Å². The average Bonchev–Trinajstić information content (AvgIpc) is 3.83. The summed E-state index contributed by atoms with van der Waals surface area (Å²) in [6.45, 7) is 6.94. The van der Waals surface area contributed by atoms with E-state index in [1.807, 2.05) is 30.3 Å². The summed E-state index contributed by atoms with van der Waals surface area (Å²) in [5, 5.41) is 12.6. The highest BCUT2D eigenvalue weighted by atomic mass is 19.1. The van der Waals surface area contributed by atoms with Crippen LogP contribution in [0, 0.1) is 23.6 Å². The van der Waals surface area contributed by atoms with Crippen molar-refractivity contribution >= 4 is 29.1 Å². The Morgan fingerprint density at radius 1 is 0.759 bits per heavy atom. The maximum absolute atomic E-state index is 16.1. The maximum Gasteiger partial charge on any atom is 0.255 e. The van der Waals surface area contributed by atoms with Gasteiger partial charge in [0, 0.05) is 75.9 Å². The van der Waals surface area contributed by atoms with Crippen LogP contribution in [0.25, 0.3) is 0 Å². The fraction of sp³-hybridized carbons (Fsp3) is 0.523. The van der Waals surface area contributed by atoms with Gasteiger partial charge in [0.1, 0.15) is 17.6 Å². The van der Waals surface area contributed by atoms with Crippen LogP contribution in [0.1, 0.15) is 96.3 Å². The van der Waals surface area contributed by atoms with Crippen LogP contribution in [0.5, 0.6) is 5.75 Å². The second kappa shape index (κ2) is 14.7. The number of hydrogen-bond acceptors (Lipinski definition) is 7. The van der Waals surface area contributed by atoms with Gasteiger partial charge >= 0.3 is 0 Å². The number of carbonyl (C=O) groups is 3. The Bertz CT molecular complexity index is 1930. The van der Waals surface area contributed by atoms with Gasteiger partial charge in [-0.15, -0.1) is 0 Å². The maximum atomic E-state index is 16.1. The second-order valence-electron chi connectivity index (χ2n) is 16.8. The monoisotopic (exact) mass is 733 g/mol. The van der Waals surface area contributed by atoms with Crippen molar-refractivity contribution in [3.63, 3.8) is 0 Å². The number of piperazine rings is 1. The molecule has 4 aliphatic heterocycles. The predicted molar refractivity (Wildman–Crippen MR) is 206 cm³/mol. The van der Waals surface area contributed by atoms with Gasteiger partial charge in [0.05, 0.1) is 5.69 Å². The van der Waals surface area contributed by atoms with Gasteiger partial charge in [0.2, 0.25) is 11.8 Å². The Hall–Kier alpha value is -4.44. The lowest BCUT2D eigenvalue weighted by Gasteiger charge is -2.40. The number of imide groups is 1. The van der Waals surface area contributed by atoms with Crippen molar-refractivity contribution in [2.45, 2.75) is 82.7 Å². The number of anilines is 2. The lowest BCUT2D eigenvalue weighted by Crippen LogP contribution is -2.52. The minimum atomic E-state index is -0.599. The van der Waals surface area contributed by atoms with Crippen LogP contribution in [0.4, 0.5) is 15.8 Å². The molecule has 3 amide bonds. The van der Waals surface area contributed by atoms with Crippen LogP contribution in [0.3, 0.4) is 0 Å². The van der Waals surface area contributed by atoms with E-state index in [4.69, 9.17) is 0 Å². The fourth-order valence-electron chi connectivity index (χ4n) is 10.8. The van der Waals surface area contributed by atoms with Crippen LogP contribution in [0.2, 0.25) is 0 Å². The van der Waals surface area contributed by atoms with E-state index in [2.05, 4.69) is 38.2 Å². The summed E-state index contributed by atoms with van der Waals surface area (Å²) in [4.78, 5) is 46.0. The zero-order valence-electron chi connectivity index (χ0n) is 31.1. The summed E-state index contributed by atoms with van der Waals surface area (Å²) < 4.78 is 16.1. The predicted octanol–water partition coefficient (Wildman–Crippen LogP) is 6.22. The molecule has 4 heterocycles. The van der Waals surface area contributed by atoms with Crippen molar-refractivity contribution in [2.75, 3.05) is 55.6 Å². The number of carbonyl (C=O) groups excluding carboxylic acids is 3. The Morgan fingerprint density at radius 2 is 1.56 bits per heavy atom. The van der Waals surface area contributed by atoms with Crippen molar-refractivity contribution in [3.8, 4) is 5.75 Å². The van der Waals surface area contributed by atoms with E-state index in [0.717, 1.165) is 94.0 Å². The molecule has 2 N–H and O–H groups in total. The van der Waals surface area contributed by atoms with Gasteiger partial charge in [-0.05, 0) is 115 Å². The minimum Gasteiger partial charge on any atom is -0.508 e. The number of phenolic OH excluding ortho intramolecular Hbond substituents is 1. The third-order valence-corrected chi connectivity index (χ3v) is 13.7. The number of piperidine rings is 2. The van der Waals surface area contributed by atoms with E-state index in [0.29, 0.717) is 42.0 Å². The topological polar surface area (TPSA) is 96.4 Å². The van der Waals surface area contributed by atoms with E-state index in [-0.39, 0.29) is 35.9 Å². The van der Waals surface area contributed by atoms with E-state index in [1.54, 1.807) is 11.0 Å². The molecule has 284 valence electrons. The molecular weight excluding hydrogens is 682 g/mol. The SMILES string of the molecule is O=C1CCC(N2Cc3cc(N4CCN(CC5CCN(c6ccc([C@@H]7c8ccc(O)cc8CC[C@@H]7C7CCCC7)cc6F)CC5)CC4)ccc3C2=O)C(=O)N1. The van der Waals surface area contributed by atoms with Crippen molar-refractivity contribution in [2.24, 2.45) is 17.8 Å². The molecule has 0 bridgehead atoms. The van der Waals surface area contributed by atoms with Gasteiger partial charge in [0.15, 0.2) is 0 Å². The van der Waals surface area contributed by atoms with E-state index >= 15 is 4.39 Å². The van der Waals surface area contributed by atoms with Gasteiger partial charge in [-0.1, -0.05) is 37.8 Å². The summed E-state index contributed by atoms with van der Waals surface area (Å²) in [5.41, 5.74) is 6.98. The minimum absolute atomic E-state index is 0.113. The standard InChI is InChI=1S/C44H52FN5O4/c45-38-25-31(42-35(29-3-1-2-4-29)9-5-30-24-34(51)8-11-36(30)42)6-12-39(38)49-17-15-28(16-18-49)26-47-19-21-48(22-20-47)33-7-10-37-32(23-33)27-50(44(37)54)40-13-14-41(52)46-43(40)53/h6-8,10-12,23-25,28-29,35,40,42,51H,1-5,9,13-22,26-27H2,(H,46,52,53)/t35-,40?,42+/m1/s1. The number of aromatic hydroxyl groups is 1. The first kappa shape index (κ1) is 35.3. The van der Waals surface area contributed by atoms with Gasteiger partial charge in [-0.3, -0.25) is 24.6 Å². The molecule has 1 unspecified atom stereocenters. The number of rotatable bonds is 7. The molecule has 1 saturated carbocycles. The highest BCUT2D eigenvalue weighted by molar-refractivity contribution is 6.05. The van der Waals surface area contributed by atoms with Crippen molar-refractivity contribution in [1.82, 2.24) is 15.1 Å². The average molecular weight is 734 g/mol. The zero-order valence-corrected chi connectivity index (χ0v) is 31.1. The first-order chi connectivity index (χ1) is 26.3. The molecule has 0 spiro atoms. The molecule has 0 aromatic heterocycles. The van der Waals surface area contributed by atoms with Crippen molar-refractivity contribution in [1.29, 1.82) is 0 Å². The van der Waals surface area contributed by atoms with E-state index in [9.17, 15) is 19.5 Å². The molecular formula is C44H52FN5O4. The number of phenols is 1. The molecule has 3 saturated heterocycles.